The van der Waals surface area contributed by atoms with Crippen molar-refractivity contribution >= 4 is 18.3 Å². The highest BCUT2D eigenvalue weighted by atomic mass is 35.5. The van der Waals surface area contributed by atoms with Gasteiger partial charge in [0.15, 0.2) is 0 Å². The third kappa shape index (κ3) is 5.36. The van der Waals surface area contributed by atoms with Gasteiger partial charge in [-0.1, -0.05) is 12.1 Å². The lowest BCUT2D eigenvalue weighted by Crippen LogP contribution is -2.36. The van der Waals surface area contributed by atoms with E-state index in [1.54, 1.807) is 13.2 Å². The Balaban J connectivity index is 0.00000200. The first-order valence-corrected chi connectivity index (χ1v) is 6.51. The largest absolute Gasteiger partial charge is 0.497 e. The molecule has 1 fully saturated rings. The number of halogens is 1. The normalized spacial score (nSPS) is 15.1. The molecule has 0 aliphatic heterocycles. The van der Waals surface area contributed by atoms with Crippen molar-refractivity contribution in [2.75, 3.05) is 20.2 Å². The van der Waals surface area contributed by atoms with Gasteiger partial charge < -0.3 is 20.5 Å². The van der Waals surface area contributed by atoms with Crippen molar-refractivity contribution in [3.8, 4) is 5.75 Å². The van der Waals surface area contributed by atoms with Crippen LogP contribution in [0.15, 0.2) is 24.3 Å². The molecule has 2 rings (SSSR count). The van der Waals surface area contributed by atoms with Gasteiger partial charge in [0.1, 0.15) is 5.75 Å². The average molecular weight is 301 g/mol. The summed E-state index contributed by atoms with van der Waals surface area (Å²) in [5.74, 6) is 0.604. The third-order valence-corrected chi connectivity index (χ3v) is 3.10. The topological polar surface area (TPSA) is 70.6 Å². The van der Waals surface area contributed by atoms with E-state index >= 15 is 0 Å². The monoisotopic (exact) mass is 300 g/mol. The van der Waals surface area contributed by atoms with E-state index < -0.39 is 6.10 Å². The molecule has 1 aliphatic carbocycles. The van der Waals surface area contributed by atoms with E-state index in [4.69, 9.17) is 4.74 Å². The molecular weight excluding hydrogens is 280 g/mol. The lowest BCUT2D eigenvalue weighted by Gasteiger charge is -2.13. The lowest BCUT2D eigenvalue weighted by molar-refractivity contribution is -0.120. The number of hydrogen-bond donors (Lipinski definition) is 3. The number of carbonyl (C=O) groups is 1. The Bertz CT molecular complexity index is 438. The number of rotatable bonds is 7. The zero-order valence-corrected chi connectivity index (χ0v) is 12.3. The highest BCUT2D eigenvalue weighted by Crippen LogP contribution is 2.19. The van der Waals surface area contributed by atoms with Crippen LogP contribution in [-0.2, 0) is 4.79 Å². The van der Waals surface area contributed by atoms with Gasteiger partial charge in [-0.15, -0.1) is 12.4 Å². The van der Waals surface area contributed by atoms with E-state index in [2.05, 4.69) is 10.6 Å². The smallest absolute Gasteiger partial charge is 0.234 e. The first kappa shape index (κ1) is 16.8. The number of methoxy groups -OCH3 is 1. The number of aliphatic hydroxyl groups is 1. The van der Waals surface area contributed by atoms with Gasteiger partial charge in [-0.2, -0.15) is 0 Å². The number of nitrogens with one attached hydrogen (secondary N) is 2. The summed E-state index contributed by atoms with van der Waals surface area (Å²) in [7, 11) is 1.58. The number of amides is 1. The molecule has 0 heterocycles. The summed E-state index contributed by atoms with van der Waals surface area (Å²) in [6.07, 6.45) is 1.58. The number of ether oxygens (including phenoxy) is 1. The number of benzene rings is 1. The predicted molar refractivity (Wildman–Crippen MR) is 79.2 cm³/mol. The Labute approximate surface area is 125 Å². The number of aliphatic hydroxyl groups excluding tert-OH is 1. The molecule has 0 radical (unpaired) electrons. The van der Waals surface area contributed by atoms with Gasteiger partial charge in [0.25, 0.3) is 0 Å². The molecule has 5 nitrogen and oxygen atoms in total. The first-order chi connectivity index (χ1) is 9.19. The van der Waals surface area contributed by atoms with Gasteiger partial charge in [0.05, 0.1) is 19.8 Å². The van der Waals surface area contributed by atoms with Crippen LogP contribution in [0.3, 0.4) is 0 Å². The minimum atomic E-state index is -0.722. The molecule has 1 aromatic rings. The third-order valence-electron chi connectivity index (χ3n) is 3.10. The van der Waals surface area contributed by atoms with Gasteiger partial charge in [-0.05, 0) is 30.5 Å². The van der Waals surface area contributed by atoms with Gasteiger partial charge in [0.2, 0.25) is 5.91 Å². The SMILES string of the molecule is COc1cccc(C(O)CNC(=O)CNC2CC2)c1.Cl. The molecule has 1 atom stereocenters. The molecular formula is C14H21ClN2O3. The fourth-order valence-corrected chi connectivity index (χ4v) is 1.76. The van der Waals surface area contributed by atoms with Crippen LogP contribution in [0.1, 0.15) is 24.5 Å². The molecule has 3 N–H and O–H groups in total. The summed E-state index contributed by atoms with van der Waals surface area (Å²) < 4.78 is 5.09. The van der Waals surface area contributed by atoms with E-state index in [0.717, 1.165) is 18.4 Å². The van der Waals surface area contributed by atoms with E-state index in [1.165, 1.54) is 0 Å². The molecule has 20 heavy (non-hydrogen) atoms. The van der Waals surface area contributed by atoms with Crippen LogP contribution < -0.4 is 15.4 Å². The molecule has 1 unspecified atom stereocenters. The molecule has 1 saturated carbocycles. The summed E-state index contributed by atoms with van der Waals surface area (Å²) in [4.78, 5) is 11.5. The van der Waals surface area contributed by atoms with Crippen LogP contribution in [-0.4, -0.2) is 37.3 Å². The minimum Gasteiger partial charge on any atom is -0.497 e. The van der Waals surface area contributed by atoms with Crippen LogP contribution in [0.25, 0.3) is 0 Å². The molecule has 1 aromatic carbocycles. The van der Waals surface area contributed by atoms with E-state index in [-0.39, 0.29) is 24.9 Å². The van der Waals surface area contributed by atoms with Crippen molar-refractivity contribution in [3.05, 3.63) is 29.8 Å². The van der Waals surface area contributed by atoms with Crippen LogP contribution in [0, 0.1) is 0 Å². The fourth-order valence-electron chi connectivity index (χ4n) is 1.76. The van der Waals surface area contributed by atoms with Crippen molar-refractivity contribution < 1.29 is 14.6 Å². The maximum absolute atomic E-state index is 11.5. The van der Waals surface area contributed by atoms with Crippen molar-refractivity contribution in [2.45, 2.75) is 25.0 Å². The highest BCUT2D eigenvalue weighted by molar-refractivity contribution is 5.85. The standard InChI is InChI=1S/C14H20N2O3.ClH/c1-19-12-4-2-3-10(7-12)13(17)8-16-14(18)9-15-11-5-6-11;/h2-4,7,11,13,15,17H,5-6,8-9H2,1H3,(H,16,18);1H. The zero-order valence-electron chi connectivity index (χ0n) is 11.5. The van der Waals surface area contributed by atoms with Crippen molar-refractivity contribution in [1.29, 1.82) is 0 Å². The Morgan fingerprint density at radius 1 is 1.50 bits per heavy atom. The van der Waals surface area contributed by atoms with Gasteiger partial charge >= 0.3 is 0 Å². The Morgan fingerprint density at radius 2 is 2.25 bits per heavy atom. The van der Waals surface area contributed by atoms with E-state index in [1.807, 2.05) is 18.2 Å². The highest BCUT2D eigenvalue weighted by Gasteiger charge is 2.21. The van der Waals surface area contributed by atoms with Gasteiger partial charge in [-0.3, -0.25) is 4.79 Å². The van der Waals surface area contributed by atoms with Crippen LogP contribution in [0.5, 0.6) is 5.75 Å². The minimum absolute atomic E-state index is 0. The summed E-state index contributed by atoms with van der Waals surface area (Å²) in [5, 5.41) is 15.8. The average Bonchev–Trinajstić information content (AvgIpc) is 3.26. The molecule has 0 aromatic heterocycles. The summed E-state index contributed by atoms with van der Waals surface area (Å²) in [5.41, 5.74) is 0.731. The maximum atomic E-state index is 11.5. The molecule has 1 amide bonds. The molecule has 0 saturated heterocycles. The molecule has 0 spiro atoms. The van der Waals surface area contributed by atoms with Gasteiger partial charge in [-0.25, -0.2) is 0 Å². The van der Waals surface area contributed by atoms with Crippen molar-refractivity contribution in [1.82, 2.24) is 10.6 Å². The van der Waals surface area contributed by atoms with Crippen LogP contribution in [0.2, 0.25) is 0 Å². The molecule has 0 bridgehead atoms. The zero-order chi connectivity index (χ0) is 13.7. The molecule has 1 aliphatic rings. The summed E-state index contributed by atoms with van der Waals surface area (Å²) in [6, 6.07) is 7.71. The molecule has 112 valence electrons. The van der Waals surface area contributed by atoms with Crippen molar-refractivity contribution in [2.24, 2.45) is 0 Å². The second-order valence-corrected chi connectivity index (χ2v) is 4.75. The number of carbonyl (C=O) groups excluding carboxylic acids is 1. The van der Waals surface area contributed by atoms with Crippen LogP contribution in [0.4, 0.5) is 0 Å². The quantitative estimate of drug-likeness (QED) is 0.703. The molecule has 6 heteroatoms. The van der Waals surface area contributed by atoms with Crippen LogP contribution >= 0.6 is 12.4 Å². The Morgan fingerprint density at radius 3 is 2.90 bits per heavy atom. The Hall–Kier alpha value is -1.30. The summed E-state index contributed by atoms with van der Waals surface area (Å²) >= 11 is 0. The maximum Gasteiger partial charge on any atom is 0.234 e. The fraction of sp³-hybridized carbons (Fsp3) is 0.500. The Kier molecular flexibility index (Phi) is 6.78. The second kappa shape index (κ2) is 8.09. The van der Waals surface area contributed by atoms with Crippen molar-refractivity contribution in [3.63, 3.8) is 0 Å². The van der Waals surface area contributed by atoms with E-state index in [9.17, 15) is 9.90 Å². The van der Waals surface area contributed by atoms with Gasteiger partial charge in [0, 0.05) is 12.6 Å². The van der Waals surface area contributed by atoms with E-state index in [0.29, 0.717) is 18.3 Å². The summed E-state index contributed by atoms with van der Waals surface area (Å²) in [6.45, 7) is 0.522. The predicted octanol–water partition coefficient (Wildman–Crippen LogP) is 1.02. The number of hydrogen-bond acceptors (Lipinski definition) is 4. The lowest BCUT2D eigenvalue weighted by atomic mass is 10.1. The second-order valence-electron chi connectivity index (χ2n) is 4.75. The first-order valence-electron chi connectivity index (χ1n) is 6.51.